The molecule has 228 valence electrons. The van der Waals surface area contributed by atoms with Crippen LogP contribution in [0.4, 0.5) is 49.9 Å². The number of hydrogen-bond donors (Lipinski definition) is 3. The van der Waals surface area contributed by atoms with Gasteiger partial charge in [-0.2, -0.15) is 13.2 Å². The number of halogens is 5. The minimum atomic E-state index is -4.87. The minimum Gasteiger partial charge on any atom is -0.443 e. The number of nitrogens with two attached hydrogens (primary N) is 2. The lowest BCUT2D eigenvalue weighted by atomic mass is 9.93. The zero-order valence-electron chi connectivity index (χ0n) is 22.7. The number of aromatic nitrogens is 4. The Balaban J connectivity index is 1.41. The first-order valence-corrected chi connectivity index (χ1v) is 13.0. The summed E-state index contributed by atoms with van der Waals surface area (Å²) < 4.78 is 73.6. The number of amides is 2. The molecule has 0 saturated carbocycles. The van der Waals surface area contributed by atoms with Crippen molar-refractivity contribution in [3.05, 3.63) is 47.9 Å². The van der Waals surface area contributed by atoms with E-state index in [1.165, 1.54) is 6.20 Å². The van der Waals surface area contributed by atoms with E-state index in [2.05, 4.69) is 25.3 Å². The van der Waals surface area contributed by atoms with E-state index >= 15 is 0 Å². The first-order valence-electron chi connectivity index (χ1n) is 13.0. The molecule has 12 nitrogen and oxygen atoms in total. The average molecular weight is 608 g/mol. The smallest absolute Gasteiger partial charge is 0.418 e. The van der Waals surface area contributed by atoms with E-state index in [9.17, 15) is 31.5 Å². The molecule has 0 spiro atoms. The highest BCUT2D eigenvalue weighted by atomic mass is 19.4. The molecule has 3 aromatic rings. The Kier molecular flexibility index (Phi) is 7.43. The maximum absolute atomic E-state index is 13.9. The number of alkyl halides is 5. The average Bonchev–Trinajstić information content (AvgIpc) is 2.91. The van der Waals surface area contributed by atoms with Gasteiger partial charge in [0.25, 0.3) is 11.8 Å². The molecule has 0 radical (unpaired) electrons. The molecular formula is C26H26F5N9O3. The van der Waals surface area contributed by atoms with Gasteiger partial charge in [-0.25, -0.2) is 33.5 Å². The van der Waals surface area contributed by atoms with Crippen molar-refractivity contribution in [2.75, 3.05) is 47.0 Å². The summed E-state index contributed by atoms with van der Waals surface area (Å²) in [5, 5.41) is 2.58. The second-order valence-electron chi connectivity index (χ2n) is 10.4. The molecule has 0 aliphatic carbocycles. The molecule has 2 amide bonds. The number of anilines is 4. The molecule has 0 unspecified atom stereocenters. The normalized spacial score (nSPS) is 17.6. The van der Waals surface area contributed by atoms with Crippen LogP contribution in [-0.2, 0) is 10.9 Å². The van der Waals surface area contributed by atoms with Crippen LogP contribution in [0.5, 0.6) is 0 Å². The van der Waals surface area contributed by atoms with Crippen LogP contribution in [-0.4, -0.2) is 69.6 Å². The molecule has 43 heavy (non-hydrogen) atoms. The van der Waals surface area contributed by atoms with Crippen molar-refractivity contribution in [3.8, 4) is 11.4 Å². The van der Waals surface area contributed by atoms with Crippen LogP contribution in [0.25, 0.3) is 11.4 Å². The second-order valence-corrected chi connectivity index (χ2v) is 10.4. The van der Waals surface area contributed by atoms with E-state index in [-0.39, 0.29) is 17.5 Å². The fourth-order valence-corrected chi connectivity index (χ4v) is 4.88. The van der Waals surface area contributed by atoms with Gasteiger partial charge in [0, 0.05) is 32.1 Å². The van der Waals surface area contributed by atoms with Gasteiger partial charge in [0.05, 0.1) is 30.5 Å². The van der Waals surface area contributed by atoms with Gasteiger partial charge in [0.15, 0.2) is 17.3 Å². The number of nitrogens with zero attached hydrogens (tertiary/aromatic N) is 6. The van der Waals surface area contributed by atoms with Gasteiger partial charge in [-0.1, -0.05) is 0 Å². The molecule has 0 atom stereocenters. The van der Waals surface area contributed by atoms with Crippen LogP contribution < -0.4 is 26.6 Å². The largest absolute Gasteiger partial charge is 0.443 e. The first kappa shape index (κ1) is 29.7. The summed E-state index contributed by atoms with van der Waals surface area (Å²) in [5.41, 5.74) is 8.00. The van der Waals surface area contributed by atoms with Gasteiger partial charge in [0.2, 0.25) is 0 Å². The number of nitrogens with one attached hydrogen (secondary N) is 1. The van der Waals surface area contributed by atoms with E-state index in [0.717, 1.165) is 17.2 Å². The maximum atomic E-state index is 13.9. The number of pyridine rings is 2. The van der Waals surface area contributed by atoms with Gasteiger partial charge in [-0.3, -0.25) is 4.79 Å². The van der Waals surface area contributed by atoms with E-state index < -0.39 is 65.4 Å². The zero-order chi connectivity index (χ0) is 31.2. The van der Waals surface area contributed by atoms with Gasteiger partial charge in [0.1, 0.15) is 22.8 Å². The van der Waals surface area contributed by atoms with Gasteiger partial charge >= 0.3 is 12.3 Å². The number of rotatable bonds is 6. The molecule has 2 aliphatic rings. The van der Waals surface area contributed by atoms with Crippen LogP contribution in [0, 0.1) is 0 Å². The Morgan fingerprint density at radius 1 is 1.05 bits per heavy atom. The number of primary amides is 1. The third kappa shape index (κ3) is 6.34. The van der Waals surface area contributed by atoms with Crippen molar-refractivity contribution < 1.29 is 36.3 Å². The Labute approximate surface area is 241 Å². The zero-order valence-corrected chi connectivity index (χ0v) is 22.7. The molecule has 5 heterocycles. The number of ether oxygens (including phenoxy) is 1. The van der Waals surface area contributed by atoms with E-state index in [1.807, 2.05) is 4.90 Å². The maximum Gasteiger partial charge on any atom is 0.418 e. The molecule has 0 aromatic carbocycles. The van der Waals surface area contributed by atoms with Crippen molar-refractivity contribution in [2.45, 2.75) is 37.5 Å². The highest BCUT2D eigenvalue weighted by Crippen LogP contribution is 2.39. The van der Waals surface area contributed by atoms with Gasteiger partial charge in [-0.05, 0) is 31.2 Å². The third-order valence-corrected chi connectivity index (χ3v) is 7.14. The summed E-state index contributed by atoms with van der Waals surface area (Å²) in [5.74, 6) is -4.25. The predicted octanol–water partition coefficient (Wildman–Crippen LogP) is 3.70. The van der Waals surface area contributed by atoms with Gasteiger partial charge in [-0.15, -0.1) is 0 Å². The molecule has 5 rings (SSSR count). The SMILES string of the molecule is CC1(OC(N)=O)CCN(c2cccnc2NC(=O)c2nc(-c3nc(N4CC(F)(F)C4)ccc3C(F)(F)F)cnc2N)CC1. The van der Waals surface area contributed by atoms with E-state index in [4.69, 9.17) is 16.2 Å². The lowest BCUT2D eigenvalue weighted by Crippen LogP contribution is -2.56. The number of carbonyl (C=O) groups is 2. The highest BCUT2D eigenvalue weighted by molar-refractivity contribution is 6.06. The second kappa shape index (κ2) is 10.8. The van der Waals surface area contributed by atoms with E-state index in [1.54, 1.807) is 19.1 Å². The number of piperidine rings is 1. The molecule has 5 N–H and O–H groups in total. The van der Waals surface area contributed by atoms with Crippen molar-refractivity contribution in [1.82, 2.24) is 19.9 Å². The summed E-state index contributed by atoms with van der Waals surface area (Å²) in [7, 11) is 0. The summed E-state index contributed by atoms with van der Waals surface area (Å²) in [6.07, 6.45) is -2.51. The van der Waals surface area contributed by atoms with Crippen LogP contribution in [0.15, 0.2) is 36.7 Å². The lowest BCUT2D eigenvalue weighted by Gasteiger charge is -2.39. The fourth-order valence-electron chi connectivity index (χ4n) is 4.88. The lowest BCUT2D eigenvalue weighted by molar-refractivity contribution is -0.137. The van der Waals surface area contributed by atoms with Crippen LogP contribution in [0.2, 0.25) is 0 Å². The molecule has 2 aliphatic heterocycles. The molecule has 17 heteroatoms. The standard InChI is InChI=1S/C26H26F5N9O3/c1-24(43-23(33)42)6-9-39(10-7-24)16-3-2-8-34-21(16)38-22(41)19-20(32)35-11-15(36-19)18-14(26(29,30)31)4-5-17(37-18)40-12-25(27,28)13-40/h2-5,8,11H,6-7,9-10,12-13H2,1H3,(H2,32,35)(H2,33,42)(H,34,38,41). The number of nitrogen functional groups attached to an aromatic ring is 1. The van der Waals surface area contributed by atoms with Crippen molar-refractivity contribution in [3.63, 3.8) is 0 Å². The van der Waals surface area contributed by atoms with Crippen molar-refractivity contribution in [2.24, 2.45) is 5.73 Å². The fraction of sp³-hybridized carbons (Fsp3) is 0.385. The van der Waals surface area contributed by atoms with Crippen molar-refractivity contribution in [1.29, 1.82) is 0 Å². The molecule has 0 bridgehead atoms. The molecule has 2 fully saturated rings. The Morgan fingerprint density at radius 2 is 1.74 bits per heavy atom. The first-order chi connectivity index (χ1) is 20.1. The van der Waals surface area contributed by atoms with Crippen LogP contribution in [0.3, 0.4) is 0 Å². The Hall–Kier alpha value is -4.83. The van der Waals surface area contributed by atoms with Gasteiger partial charge < -0.3 is 31.3 Å². The minimum absolute atomic E-state index is 0.115. The predicted molar refractivity (Wildman–Crippen MR) is 145 cm³/mol. The summed E-state index contributed by atoms with van der Waals surface area (Å²) >= 11 is 0. The van der Waals surface area contributed by atoms with E-state index in [0.29, 0.717) is 37.7 Å². The van der Waals surface area contributed by atoms with Crippen LogP contribution >= 0.6 is 0 Å². The topological polar surface area (TPSA) is 165 Å². The summed E-state index contributed by atoms with van der Waals surface area (Å²) in [6, 6.07) is 5.06. The third-order valence-electron chi connectivity index (χ3n) is 7.14. The number of hydrogen-bond acceptors (Lipinski definition) is 10. The highest BCUT2D eigenvalue weighted by Gasteiger charge is 2.45. The monoisotopic (exact) mass is 607 g/mol. The molecule has 3 aromatic heterocycles. The molecule has 2 saturated heterocycles. The Bertz CT molecular complexity index is 1550. The number of carbonyl (C=O) groups excluding carboxylic acids is 2. The Morgan fingerprint density at radius 3 is 2.37 bits per heavy atom. The summed E-state index contributed by atoms with van der Waals surface area (Å²) in [4.78, 5) is 43.7. The molecular weight excluding hydrogens is 581 g/mol. The quantitative estimate of drug-likeness (QED) is 0.352. The summed E-state index contributed by atoms with van der Waals surface area (Å²) in [6.45, 7) is 1.23. The van der Waals surface area contributed by atoms with Crippen LogP contribution in [0.1, 0.15) is 35.8 Å². The van der Waals surface area contributed by atoms with Crippen molar-refractivity contribution >= 4 is 35.1 Å².